The van der Waals surface area contributed by atoms with Gasteiger partial charge in [-0.3, -0.25) is 0 Å². The normalized spacial score (nSPS) is 30.5. The minimum atomic E-state index is -0.328. The Hall–Kier alpha value is -1.38. The number of esters is 1. The van der Waals surface area contributed by atoms with Gasteiger partial charge in [0.25, 0.3) is 0 Å². The Kier molecular flexibility index (Phi) is 5.34. The molecular weight excluding hydrogens is 291 g/mol. The summed E-state index contributed by atoms with van der Waals surface area (Å²) >= 11 is 0. The molecule has 3 heteroatoms. The van der Waals surface area contributed by atoms with Gasteiger partial charge in [0, 0.05) is 0 Å². The Balaban J connectivity index is 1.52. The zero-order chi connectivity index (χ0) is 16.2. The summed E-state index contributed by atoms with van der Waals surface area (Å²) in [5.74, 6) is 1.84. The Morgan fingerprint density at radius 1 is 1.09 bits per heavy atom. The highest BCUT2D eigenvalue weighted by molar-refractivity contribution is 5.89. The van der Waals surface area contributed by atoms with Crippen LogP contribution in [0.4, 0.5) is 4.39 Å². The van der Waals surface area contributed by atoms with Crippen LogP contribution in [0.25, 0.3) is 0 Å². The molecule has 2 aliphatic carbocycles. The van der Waals surface area contributed by atoms with Crippen LogP contribution < -0.4 is 0 Å². The van der Waals surface area contributed by atoms with Gasteiger partial charge in [0.05, 0.1) is 5.56 Å². The van der Waals surface area contributed by atoms with Crippen LogP contribution in [0, 0.1) is 23.6 Å². The van der Waals surface area contributed by atoms with Crippen molar-refractivity contribution in [3.05, 3.63) is 35.6 Å². The van der Waals surface area contributed by atoms with E-state index in [1.165, 1.54) is 62.8 Å². The second kappa shape index (κ2) is 7.46. The zero-order valence-corrected chi connectivity index (χ0v) is 14.0. The standard InChI is InChI=1S/C20H27FO2/c1-2-3-14-4-5-17-13-19(11-8-16(17)12-14)23-20(22)15-6-9-18(21)10-7-15/h6-7,9-10,14,16-17,19H,2-5,8,11-13H2,1H3/t14-,16+,17-,19-/m1/s1. The lowest BCUT2D eigenvalue weighted by atomic mass is 9.66. The maximum atomic E-state index is 12.9. The van der Waals surface area contributed by atoms with E-state index in [0.29, 0.717) is 5.56 Å². The number of ether oxygens (including phenoxy) is 1. The fourth-order valence-corrected chi connectivity index (χ4v) is 4.53. The van der Waals surface area contributed by atoms with Crippen LogP contribution in [0.5, 0.6) is 0 Å². The van der Waals surface area contributed by atoms with Gasteiger partial charge in [0.1, 0.15) is 11.9 Å². The van der Waals surface area contributed by atoms with Crippen molar-refractivity contribution in [2.75, 3.05) is 0 Å². The molecule has 1 aromatic rings. The largest absolute Gasteiger partial charge is 0.459 e. The lowest BCUT2D eigenvalue weighted by Gasteiger charge is -2.41. The zero-order valence-electron chi connectivity index (χ0n) is 14.0. The van der Waals surface area contributed by atoms with E-state index in [-0.39, 0.29) is 17.9 Å². The van der Waals surface area contributed by atoms with Crippen molar-refractivity contribution in [2.24, 2.45) is 17.8 Å². The van der Waals surface area contributed by atoms with E-state index in [2.05, 4.69) is 6.92 Å². The molecule has 2 nitrogen and oxygen atoms in total. The molecule has 0 bridgehead atoms. The minimum Gasteiger partial charge on any atom is -0.459 e. The van der Waals surface area contributed by atoms with Crippen LogP contribution in [-0.4, -0.2) is 12.1 Å². The third kappa shape index (κ3) is 4.13. The molecule has 0 unspecified atom stereocenters. The molecule has 1 aromatic carbocycles. The fourth-order valence-electron chi connectivity index (χ4n) is 4.53. The highest BCUT2D eigenvalue weighted by Gasteiger charge is 2.36. The summed E-state index contributed by atoms with van der Waals surface area (Å²) in [6.07, 6.45) is 9.88. The Labute approximate surface area is 138 Å². The molecule has 0 aliphatic heterocycles. The third-order valence-corrected chi connectivity index (χ3v) is 5.72. The molecular formula is C20H27FO2. The lowest BCUT2D eigenvalue weighted by Crippen LogP contribution is -2.35. The van der Waals surface area contributed by atoms with Gasteiger partial charge < -0.3 is 4.74 Å². The van der Waals surface area contributed by atoms with Gasteiger partial charge in [-0.1, -0.05) is 26.2 Å². The highest BCUT2D eigenvalue weighted by atomic mass is 19.1. The summed E-state index contributed by atoms with van der Waals surface area (Å²) in [6, 6.07) is 5.61. The predicted octanol–water partition coefficient (Wildman–Crippen LogP) is 5.37. The molecule has 0 aromatic heterocycles. The van der Waals surface area contributed by atoms with Gasteiger partial charge in [-0.25, -0.2) is 9.18 Å². The minimum absolute atomic E-state index is 0.0385. The average Bonchev–Trinajstić information content (AvgIpc) is 2.56. The maximum Gasteiger partial charge on any atom is 0.338 e. The second-order valence-corrected chi connectivity index (χ2v) is 7.34. The summed E-state index contributed by atoms with van der Waals surface area (Å²) in [6.45, 7) is 2.28. The number of hydrogen-bond donors (Lipinski definition) is 0. The smallest absolute Gasteiger partial charge is 0.338 e. The SMILES string of the molecule is CCC[C@@H]1CC[C@@H]2C[C@H](OC(=O)c3ccc(F)cc3)CC[C@H]2C1. The van der Waals surface area contributed by atoms with Crippen LogP contribution in [0.2, 0.25) is 0 Å². The van der Waals surface area contributed by atoms with Crippen LogP contribution in [-0.2, 0) is 4.74 Å². The second-order valence-electron chi connectivity index (χ2n) is 7.34. The molecule has 3 rings (SSSR count). The van der Waals surface area contributed by atoms with Crippen molar-refractivity contribution >= 4 is 5.97 Å². The van der Waals surface area contributed by atoms with Gasteiger partial charge in [-0.05, 0) is 74.1 Å². The molecule has 0 heterocycles. The van der Waals surface area contributed by atoms with Crippen molar-refractivity contribution in [2.45, 2.75) is 64.4 Å². The quantitative estimate of drug-likeness (QED) is 0.698. The first kappa shape index (κ1) is 16.5. The van der Waals surface area contributed by atoms with E-state index in [0.717, 1.165) is 30.6 Å². The summed E-state index contributed by atoms with van der Waals surface area (Å²) < 4.78 is 18.6. The molecule has 2 saturated carbocycles. The van der Waals surface area contributed by atoms with Crippen molar-refractivity contribution < 1.29 is 13.9 Å². The van der Waals surface area contributed by atoms with E-state index < -0.39 is 0 Å². The van der Waals surface area contributed by atoms with Crippen LogP contribution >= 0.6 is 0 Å². The molecule has 126 valence electrons. The Morgan fingerprint density at radius 2 is 1.78 bits per heavy atom. The maximum absolute atomic E-state index is 12.9. The van der Waals surface area contributed by atoms with Gasteiger partial charge >= 0.3 is 5.97 Å². The first-order valence-electron chi connectivity index (χ1n) is 9.12. The molecule has 0 radical (unpaired) electrons. The Bertz CT molecular complexity index is 525. The highest BCUT2D eigenvalue weighted by Crippen LogP contribution is 2.44. The monoisotopic (exact) mass is 318 g/mol. The van der Waals surface area contributed by atoms with E-state index in [1.54, 1.807) is 0 Å². The number of carbonyl (C=O) groups excluding carboxylic acids is 1. The van der Waals surface area contributed by atoms with E-state index in [1.807, 2.05) is 0 Å². The molecule has 0 spiro atoms. The first-order chi connectivity index (χ1) is 11.2. The average molecular weight is 318 g/mol. The first-order valence-corrected chi connectivity index (χ1v) is 9.12. The predicted molar refractivity (Wildman–Crippen MR) is 88.7 cm³/mol. The van der Waals surface area contributed by atoms with Gasteiger partial charge in [-0.2, -0.15) is 0 Å². The van der Waals surface area contributed by atoms with Gasteiger partial charge in [0.2, 0.25) is 0 Å². The number of carbonyl (C=O) groups is 1. The topological polar surface area (TPSA) is 26.3 Å². The fraction of sp³-hybridized carbons (Fsp3) is 0.650. The number of benzene rings is 1. The molecule has 23 heavy (non-hydrogen) atoms. The molecule has 0 N–H and O–H groups in total. The summed E-state index contributed by atoms with van der Waals surface area (Å²) in [7, 11) is 0. The molecule has 0 saturated heterocycles. The van der Waals surface area contributed by atoms with Crippen molar-refractivity contribution in [1.82, 2.24) is 0 Å². The number of halogens is 1. The molecule has 2 fully saturated rings. The van der Waals surface area contributed by atoms with E-state index in [9.17, 15) is 9.18 Å². The van der Waals surface area contributed by atoms with Gasteiger partial charge in [0.15, 0.2) is 0 Å². The number of fused-ring (bicyclic) bond motifs is 1. The number of rotatable bonds is 4. The van der Waals surface area contributed by atoms with Crippen LogP contribution in [0.3, 0.4) is 0 Å². The van der Waals surface area contributed by atoms with Gasteiger partial charge in [-0.15, -0.1) is 0 Å². The van der Waals surface area contributed by atoms with Crippen LogP contribution in [0.1, 0.15) is 68.6 Å². The third-order valence-electron chi connectivity index (χ3n) is 5.72. The van der Waals surface area contributed by atoms with E-state index in [4.69, 9.17) is 4.74 Å². The number of hydrogen-bond acceptors (Lipinski definition) is 2. The van der Waals surface area contributed by atoms with Crippen molar-refractivity contribution in [1.29, 1.82) is 0 Å². The lowest BCUT2D eigenvalue weighted by molar-refractivity contribution is -0.00620. The Morgan fingerprint density at radius 3 is 2.52 bits per heavy atom. The van der Waals surface area contributed by atoms with Crippen molar-refractivity contribution in [3.8, 4) is 0 Å². The summed E-state index contributed by atoms with van der Waals surface area (Å²) in [5, 5.41) is 0. The summed E-state index contributed by atoms with van der Waals surface area (Å²) in [5.41, 5.74) is 0.445. The summed E-state index contributed by atoms with van der Waals surface area (Å²) in [4.78, 5) is 12.2. The molecule has 2 aliphatic rings. The van der Waals surface area contributed by atoms with Crippen LogP contribution in [0.15, 0.2) is 24.3 Å². The van der Waals surface area contributed by atoms with Crippen molar-refractivity contribution in [3.63, 3.8) is 0 Å². The van der Waals surface area contributed by atoms with E-state index >= 15 is 0 Å². The molecule has 4 atom stereocenters. The molecule has 0 amide bonds.